The minimum absolute atomic E-state index is 0.196. The fourth-order valence-electron chi connectivity index (χ4n) is 2.76. The molecule has 0 unspecified atom stereocenters. The smallest absolute Gasteiger partial charge is 0.293 e. The fraction of sp³-hybridized carbons (Fsp3) is 0.238. The van der Waals surface area contributed by atoms with E-state index in [4.69, 9.17) is 14.2 Å². The Hall–Kier alpha value is -2.93. The standard InChI is InChI=1S/C21H21NO5S/c1-14-11-17(25-2)18(26-3)12-15(14)13-19-20(23)22(21(24)28-19)9-10-27-16-7-5-4-6-8-16/h4-8,11-13H,9-10H2,1-3H3/b19-13-. The Bertz CT molecular complexity index is 911. The summed E-state index contributed by atoms with van der Waals surface area (Å²) in [4.78, 5) is 26.5. The van der Waals surface area contributed by atoms with Crippen molar-refractivity contribution in [3.63, 3.8) is 0 Å². The number of aryl methyl sites for hydroxylation is 1. The number of hydrogen-bond donors (Lipinski definition) is 0. The van der Waals surface area contributed by atoms with E-state index in [-0.39, 0.29) is 24.3 Å². The normalized spacial score (nSPS) is 15.2. The molecule has 1 aliphatic heterocycles. The Balaban J connectivity index is 1.72. The number of carbonyl (C=O) groups is 2. The van der Waals surface area contributed by atoms with E-state index in [1.807, 2.05) is 43.3 Å². The molecule has 0 radical (unpaired) electrons. The topological polar surface area (TPSA) is 65.1 Å². The lowest BCUT2D eigenvalue weighted by Gasteiger charge is -2.13. The van der Waals surface area contributed by atoms with Crippen LogP contribution >= 0.6 is 11.8 Å². The number of hydrogen-bond acceptors (Lipinski definition) is 6. The zero-order valence-corrected chi connectivity index (χ0v) is 16.7. The van der Waals surface area contributed by atoms with Gasteiger partial charge in [0, 0.05) is 0 Å². The molecule has 0 saturated carbocycles. The van der Waals surface area contributed by atoms with Crippen LogP contribution < -0.4 is 14.2 Å². The average Bonchev–Trinajstić information content (AvgIpc) is 2.97. The molecule has 0 atom stereocenters. The number of imide groups is 1. The third-order valence-electron chi connectivity index (χ3n) is 4.26. The zero-order chi connectivity index (χ0) is 20.1. The molecule has 1 heterocycles. The number of rotatable bonds is 7. The predicted octanol–water partition coefficient (Wildman–Crippen LogP) is 4.13. The third kappa shape index (κ3) is 4.31. The molecule has 1 saturated heterocycles. The lowest BCUT2D eigenvalue weighted by molar-refractivity contribution is -0.123. The van der Waals surface area contributed by atoms with Crippen molar-refractivity contribution in [3.05, 3.63) is 58.5 Å². The highest BCUT2D eigenvalue weighted by molar-refractivity contribution is 8.18. The number of ether oxygens (including phenoxy) is 3. The van der Waals surface area contributed by atoms with Gasteiger partial charge in [0.15, 0.2) is 11.5 Å². The first kappa shape index (κ1) is 19.8. The van der Waals surface area contributed by atoms with E-state index in [1.165, 1.54) is 4.90 Å². The fourth-order valence-corrected chi connectivity index (χ4v) is 3.61. The maximum atomic E-state index is 12.7. The second-order valence-corrected chi connectivity index (χ2v) is 7.05. The number of nitrogens with zero attached hydrogens (tertiary/aromatic N) is 1. The van der Waals surface area contributed by atoms with Crippen molar-refractivity contribution in [2.24, 2.45) is 0 Å². The maximum absolute atomic E-state index is 12.7. The van der Waals surface area contributed by atoms with Crippen LogP contribution in [0.2, 0.25) is 0 Å². The van der Waals surface area contributed by atoms with Gasteiger partial charge in [-0.15, -0.1) is 0 Å². The molecule has 3 rings (SSSR count). The molecule has 146 valence electrons. The van der Waals surface area contributed by atoms with Crippen molar-refractivity contribution >= 4 is 29.0 Å². The van der Waals surface area contributed by atoms with Crippen LogP contribution in [0.15, 0.2) is 47.4 Å². The Labute approximate surface area is 168 Å². The highest BCUT2D eigenvalue weighted by Gasteiger charge is 2.35. The van der Waals surface area contributed by atoms with Gasteiger partial charge >= 0.3 is 0 Å². The molecule has 1 fully saturated rings. The molecular formula is C21H21NO5S. The van der Waals surface area contributed by atoms with E-state index in [1.54, 1.807) is 26.4 Å². The summed E-state index contributed by atoms with van der Waals surface area (Å²) in [5.74, 6) is 1.56. The summed E-state index contributed by atoms with van der Waals surface area (Å²) < 4.78 is 16.2. The molecule has 0 aromatic heterocycles. The number of carbonyl (C=O) groups excluding carboxylic acids is 2. The lowest BCUT2D eigenvalue weighted by atomic mass is 10.1. The zero-order valence-electron chi connectivity index (χ0n) is 15.9. The van der Waals surface area contributed by atoms with E-state index in [2.05, 4.69) is 0 Å². The Kier molecular flexibility index (Phi) is 6.26. The first-order valence-corrected chi connectivity index (χ1v) is 9.51. The Morgan fingerprint density at radius 3 is 2.39 bits per heavy atom. The van der Waals surface area contributed by atoms with Crippen molar-refractivity contribution in [1.82, 2.24) is 4.90 Å². The van der Waals surface area contributed by atoms with Crippen LogP contribution in [0, 0.1) is 6.92 Å². The molecule has 2 aromatic rings. The minimum atomic E-state index is -0.319. The SMILES string of the molecule is COc1cc(C)c(/C=C2\SC(=O)N(CCOc3ccccc3)C2=O)cc1OC. The molecular weight excluding hydrogens is 378 g/mol. The van der Waals surface area contributed by atoms with Gasteiger partial charge in [-0.1, -0.05) is 18.2 Å². The molecule has 6 nitrogen and oxygen atoms in total. The Morgan fingerprint density at radius 1 is 1.04 bits per heavy atom. The van der Waals surface area contributed by atoms with Gasteiger partial charge < -0.3 is 14.2 Å². The highest BCUT2D eigenvalue weighted by Crippen LogP contribution is 2.35. The number of methoxy groups -OCH3 is 2. The number of para-hydroxylation sites is 1. The summed E-state index contributed by atoms with van der Waals surface area (Å²) >= 11 is 0.926. The quantitative estimate of drug-likeness (QED) is 0.653. The monoisotopic (exact) mass is 399 g/mol. The van der Waals surface area contributed by atoms with Crippen LogP contribution in [0.4, 0.5) is 4.79 Å². The van der Waals surface area contributed by atoms with Gasteiger partial charge in [0.2, 0.25) is 0 Å². The van der Waals surface area contributed by atoms with Gasteiger partial charge in [-0.25, -0.2) is 0 Å². The van der Waals surface area contributed by atoms with E-state index < -0.39 is 0 Å². The van der Waals surface area contributed by atoms with Crippen molar-refractivity contribution in [2.75, 3.05) is 27.4 Å². The molecule has 0 aliphatic carbocycles. The minimum Gasteiger partial charge on any atom is -0.493 e. The molecule has 0 bridgehead atoms. The molecule has 7 heteroatoms. The highest BCUT2D eigenvalue weighted by atomic mass is 32.2. The number of amides is 2. The summed E-state index contributed by atoms with van der Waals surface area (Å²) in [7, 11) is 3.12. The summed E-state index contributed by atoms with van der Waals surface area (Å²) in [6, 6.07) is 12.9. The van der Waals surface area contributed by atoms with Crippen LogP contribution in [0.25, 0.3) is 6.08 Å². The molecule has 1 aliphatic rings. The summed E-state index contributed by atoms with van der Waals surface area (Å²) in [5, 5.41) is -0.300. The van der Waals surface area contributed by atoms with Crippen molar-refractivity contribution in [3.8, 4) is 17.2 Å². The summed E-state index contributed by atoms with van der Waals surface area (Å²) in [6.07, 6.45) is 1.71. The van der Waals surface area contributed by atoms with Gasteiger partial charge in [0.25, 0.3) is 11.1 Å². The Morgan fingerprint density at radius 2 is 1.71 bits per heavy atom. The van der Waals surface area contributed by atoms with E-state index in [9.17, 15) is 9.59 Å². The second kappa shape index (κ2) is 8.84. The summed E-state index contributed by atoms with van der Waals surface area (Å²) in [5.41, 5.74) is 1.71. The molecule has 2 aromatic carbocycles. The maximum Gasteiger partial charge on any atom is 0.293 e. The van der Waals surface area contributed by atoms with Gasteiger partial charge in [0.1, 0.15) is 12.4 Å². The van der Waals surface area contributed by atoms with Gasteiger partial charge in [-0.05, 0) is 60.2 Å². The first-order chi connectivity index (χ1) is 13.5. The number of thioether (sulfide) groups is 1. The molecule has 0 spiro atoms. The second-order valence-electron chi connectivity index (χ2n) is 6.06. The van der Waals surface area contributed by atoms with E-state index in [0.29, 0.717) is 22.2 Å². The van der Waals surface area contributed by atoms with E-state index in [0.717, 1.165) is 22.9 Å². The van der Waals surface area contributed by atoms with Gasteiger partial charge in [0.05, 0.1) is 25.7 Å². The lowest BCUT2D eigenvalue weighted by Crippen LogP contribution is -2.32. The van der Waals surface area contributed by atoms with Crippen molar-refractivity contribution in [2.45, 2.75) is 6.92 Å². The third-order valence-corrected chi connectivity index (χ3v) is 5.17. The van der Waals surface area contributed by atoms with Gasteiger partial charge in [-0.2, -0.15) is 0 Å². The van der Waals surface area contributed by atoms with Crippen LogP contribution in [0.3, 0.4) is 0 Å². The summed E-state index contributed by atoms with van der Waals surface area (Å²) in [6.45, 7) is 2.35. The van der Waals surface area contributed by atoms with Crippen LogP contribution in [-0.4, -0.2) is 43.4 Å². The first-order valence-electron chi connectivity index (χ1n) is 8.69. The van der Waals surface area contributed by atoms with Gasteiger partial charge in [-0.3, -0.25) is 14.5 Å². The van der Waals surface area contributed by atoms with Crippen LogP contribution in [0.5, 0.6) is 17.2 Å². The van der Waals surface area contributed by atoms with Crippen LogP contribution in [0.1, 0.15) is 11.1 Å². The molecule has 0 N–H and O–H groups in total. The average molecular weight is 399 g/mol. The number of benzene rings is 2. The van der Waals surface area contributed by atoms with E-state index >= 15 is 0 Å². The van der Waals surface area contributed by atoms with Crippen molar-refractivity contribution < 1.29 is 23.8 Å². The largest absolute Gasteiger partial charge is 0.493 e. The molecule has 2 amide bonds. The predicted molar refractivity (Wildman–Crippen MR) is 109 cm³/mol. The van der Waals surface area contributed by atoms with Crippen molar-refractivity contribution in [1.29, 1.82) is 0 Å². The van der Waals surface area contributed by atoms with Crippen LogP contribution in [-0.2, 0) is 4.79 Å². The molecule has 28 heavy (non-hydrogen) atoms.